The van der Waals surface area contributed by atoms with E-state index in [-0.39, 0.29) is 5.91 Å². The van der Waals surface area contributed by atoms with Crippen LogP contribution in [-0.2, 0) is 0 Å². The number of hydrogen-bond acceptors (Lipinski definition) is 4. The number of carbonyl (C=O) groups excluding carboxylic acids is 1. The molecule has 0 spiro atoms. The molecule has 0 unspecified atom stereocenters. The minimum atomic E-state index is -0.116. The second-order valence-electron chi connectivity index (χ2n) is 5.78. The number of hydrogen-bond donors (Lipinski definition) is 2. The summed E-state index contributed by atoms with van der Waals surface area (Å²) in [6, 6.07) is 19.0. The number of para-hydroxylation sites is 1. The van der Waals surface area contributed by atoms with Crippen molar-refractivity contribution >= 4 is 17.3 Å². The van der Waals surface area contributed by atoms with E-state index in [1.54, 1.807) is 18.5 Å². The number of carbonyl (C=O) groups is 1. The van der Waals surface area contributed by atoms with Gasteiger partial charge in [0.2, 0.25) is 0 Å². The summed E-state index contributed by atoms with van der Waals surface area (Å²) in [7, 11) is 0. The molecular formula is C21H21N3O2. The Bertz CT molecular complexity index is 849. The third-order valence-corrected chi connectivity index (χ3v) is 3.66. The molecule has 1 aromatic heterocycles. The fourth-order valence-corrected chi connectivity index (χ4v) is 2.37. The van der Waals surface area contributed by atoms with Gasteiger partial charge in [-0.3, -0.25) is 9.78 Å². The highest BCUT2D eigenvalue weighted by atomic mass is 16.5. The Labute approximate surface area is 153 Å². The number of pyridine rings is 1. The van der Waals surface area contributed by atoms with Crippen molar-refractivity contribution in [2.45, 2.75) is 13.3 Å². The van der Waals surface area contributed by atoms with Crippen molar-refractivity contribution in [3.63, 3.8) is 0 Å². The number of rotatable bonds is 7. The molecule has 26 heavy (non-hydrogen) atoms. The first-order valence-corrected chi connectivity index (χ1v) is 8.58. The summed E-state index contributed by atoms with van der Waals surface area (Å²) in [5.74, 6) is 1.44. The predicted octanol–water partition coefficient (Wildman–Crippen LogP) is 4.76. The van der Waals surface area contributed by atoms with E-state index in [4.69, 9.17) is 4.74 Å². The summed E-state index contributed by atoms with van der Waals surface area (Å²) >= 11 is 0. The van der Waals surface area contributed by atoms with E-state index in [1.807, 2.05) is 61.5 Å². The smallest absolute Gasteiger partial charge is 0.252 e. The van der Waals surface area contributed by atoms with Gasteiger partial charge < -0.3 is 15.4 Å². The van der Waals surface area contributed by atoms with Crippen LogP contribution < -0.4 is 15.4 Å². The van der Waals surface area contributed by atoms with Gasteiger partial charge in [-0.05, 0) is 48.9 Å². The Balaban J connectivity index is 1.64. The Morgan fingerprint density at radius 1 is 0.962 bits per heavy atom. The van der Waals surface area contributed by atoms with Crippen molar-refractivity contribution in [2.24, 2.45) is 0 Å². The number of benzene rings is 2. The third kappa shape index (κ3) is 4.83. The number of amides is 1. The fourth-order valence-electron chi connectivity index (χ4n) is 2.37. The van der Waals surface area contributed by atoms with Crippen molar-refractivity contribution in [1.82, 2.24) is 10.3 Å². The van der Waals surface area contributed by atoms with Gasteiger partial charge in [0, 0.05) is 18.4 Å². The molecule has 1 heterocycles. The largest absolute Gasteiger partial charge is 0.457 e. The molecule has 5 heteroatoms. The molecule has 1 amide bonds. The van der Waals surface area contributed by atoms with Crippen LogP contribution in [0.15, 0.2) is 73.1 Å². The summed E-state index contributed by atoms with van der Waals surface area (Å²) in [4.78, 5) is 16.2. The highest BCUT2D eigenvalue weighted by molar-refractivity contribution is 5.94. The topological polar surface area (TPSA) is 63.2 Å². The van der Waals surface area contributed by atoms with E-state index < -0.39 is 0 Å². The summed E-state index contributed by atoms with van der Waals surface area (Å²) < 4.78 is 5.78. The number of aromatic nitrogens is 1. The maximum absolute atomic E-state index is 12.0. The molecule has 0 saturated carbocycles. The lowest BCUT2D eigenvalue weighted by Crippen LogP contribution is -2.24. The van der Waals surface area contributed by atoms with Crippen molar-refractivity contribution in [3.05, 3.63) is 78.6 Å². The van der Waals surface area contributed by atoms with Gasteiger partial charge >= 0.3 is 0 Å². The molecule has 0 saturated heterocycles. The number of anilines is 2. The second kappa shape index (κ2) is 8.67. The first-order valence-electron chi connectivity index (χ1n) is 8.58. The van der Waals surface area contributed by atoms with Gasteiger partial charge in [0.15, 0.2) is 0 Å². The zero-order valence-corrected chi connectivity index (χ0v) is 14.6. The quantitative estimate of drug-likeness (QED) is 0.647. The lowest BCUT2D eigenvalue weighted by Gasteiger charge is -2.10. The highest BCUT2D eigenvalue weighted by Gasteiger charge is 2.06. The molecule has 0 fully saturated rings. The van der Waals surface area contributed by atoms with Crippen molar-refractivity contribution in [3.8, 4) is 11.5 Å². The molecule has 2 aromatic carbocycles. The number of nitrogens with one attached hydrogen (secondary N) is 2. The first-order chi connectivity index (χ1) is 12.7. The van der Waals surface area contributed by atoms with Crippen molar-refractivity contribution < 1.29 is 9.53 Å². The van der Waals surface area contributed by atoms with Crippen LogP contribution in [0.2, 0.25) is 0 Å². The Kier molecular flexibility index (Phi) is 5.83. The molecule has 0 radical (unpaired) electrons. The summed E-state index contributed by atoms with van der Waals surface area (Å²) in [5.41, 5.74) is 2.18. The van der Waals surface area contributed by atoms with E-state index in [2.05, 4.69) is 15.6 Å². The molecule has 3 aromatic rings. The molecule has 0 aliphatic heterocycles. The van der Waals surface area contributed by atoms with E-state index in [0.29, 0.717) is 12.1 Å². The van der Waals surface area contributed by atoms with Crippen LogP contribution in [0.3, 0.4) is 0 Å². The second-order valence-corrected chi connectivity index (χ2v) is 5.78. The minimum absolute atomic E-state index is 0.116. The van der Waals surface area contributed by atoms with Crippen LogP contribution in [-0.4, -0.2) is 17.4 Å². The van der Waals surface area contributed by atoms with Gasteiger partial charge in [-0.15, -0.1) is 0 Å². The summed E-state index contributed by atoms with van der Waals surface area (Å²) in [6.45, 7) is 2.67. The zero-order valence-electron chi connectivity index (χ0n) is 14.6. The standard InChI is InChI=1S/C21H21N3O2/c1-2-12-23-21(25)16-13-18(15-22-14-16)24-17-8-10-20(11-9-17)26-19-6-4-3-5-7-19/h3-11,13-15,24H,2,12H2,1H3,(H,23,25). The van der Waals surface area contributed by atoms with E-state index >= 15 is 0 Å². The van der Waals surface area contributed by atoms with Crippen molar-refractivity contribution in [2.75, 3.05) is 11.9 Å². The Morgan fingerprint density at radius 3 is 2.42 bits per heavy atom. The molecule has 132 valence electrons. The van der Waals surface area contributed by atoms with Crippen LogP contribution in [0.5, 0.6) is 11.5 Å². The molecule has 0 atom stereocenters. The predicted molar refractivity (Wildman–Crippen MR) is 103 cm³/mol. The summed E-state index contributed by atoms with van der Waals surface area (Å²) in [6.07, 6.45) is 4.15. The van der Waals surface area contributed by atoms with E-state index in [9.17, 15) is 4.79 Å². The molecule has 0 bridgehead atoms. The first kappa shape index (κ1) is 17.5. The van der Waals surface area contributed by atoms with Gasteiger partial charge in [0.1, 0.15) is 11.5 Å². The van der Waals surface area contributed by atoms with Gasteiger partial charge in [0.25, 0.3) is 5.91 Å². The maximum atomic E-state index is 12.0. The Hall–Kier alpha value is -3.34. The average molecular weight is 347 g/mol. The SMILES string of the molecule is CCCNC(=O)c1cncc(Nc2ccc(Oc3ccccc3)cc2)c1. The van der Waals surface area contributed by atoms with E-state index in [0.717, 1.165) is 29.3 Å². The lowest BCUT2D eigenvalue weighted by molar-refractivity contribution is 0.0953. The molecule has 0 aliphatic carbocycles. The van der Waals surface area contributed by atoms with Crippen molar-refractivity contribution in [1.29, 1.82) is 0 Å². The molecular weight excluding hydrogens is 326 g/mol. The minimum Gasteiger partial charge on any atom is -0.457 e. The number of ether oxygens (including phenoxy) is 1. The van der Waals surface area contributed by atoms with Crippen LogP contribution in [0.4, 0.5) is 11.4 Å². The Morgan fingerprint density at radius 2 is 1.69 bits per heavy atom. The van der Waals surface area contributed by atoms with Gasteiger partial charge in [-0.25, -0.2) is 0 Å². The fraction of sp³-hybridized carbons (Fsp3) is 0.143. The van der Waals surface area contributed by atoms with Gasteiger partial charge in [0.05, 0.1) is 17.4 Å². The van der Waals surface area contributed by atoms with Gasteiger partial charge in [-0.2, -0.15) is 0 Å². The van der Waals surface area contributed by atoms with Crippen LogP contribution >= 0.6 is 0 Å². The lowest BCUT2D eigenvalue weighted by atomic mass is 10.2. The molecule has 0 aliphatic rings. The zero-order chi connectivity index (χ0) is 18.2. The maximum Gasteiger partial charge on any atom is 0.252 e. The third-order valence-electron chi connectivity index (χ3n) is 3.66. The monoisotopic (exact) mass is 347 g/mol. The molecule has 3 rings (SSSR count). The van der Waals surface area contributed by atoms with Crippen LogP contribution in [0.25, 0.3) is 0 Å². The van der Waals surface area contributed by atoms with Crippen LogP contribution in [0.1, 0.15) is 23.7 Å². The van der Waals surface area contributed by atoms with Gasteiger partial charge in [-0.1, -0.05) is 25.1 Å². The molecule has 5 nitrogen and oxygen atoms in total. The van der Waals surface area contributed by atoms with E-state index in [1.165, 1.54) is 0 Å². The van der Waals surface area contributed by atoms with Crippen LogP contribution in [0, 0.1) is 0 Å². The normalized spacial score (nSPS) is 10.2. The average Bonchev–Trinajstić information content (AvgIpc) is 2.69. The number of nitrogens with zero attached hydrogens (tertiary/aromatic N) is 1. The molecule has 2 N–H and O–H groups in total. The highest BCUT2D eigenvalue weighted by Crippen LogP contribution is 2.24. The summed E-state index contributed by atoms with van der Waals surface area (Å²) in [5, 5.41) is 6.10.